The van der Waals surface area contributed by atoms with Crippen LogP contribution >= 0.6 is 0 Å². The summed E-state index contributed by atoms with van der Waals surface area (Å²) in [5.41, 5.74) is -1.49. The molecule has 0 amide bonds. The molecule has 1 aromatic carbocycles. The Bertz CT molecular complexity index is 1780. The summed E-state index contributed by atoms with van der Waals surface area (Å²) in [5, 5.41) is 6.29. The maximum atomic E-state index is 15.4. The molecule has 0 saturated carbocycles. The Balaban J connectivity index is 1.61. The largest absolute Gasteiger partial charge is 0.479 e. The highest BCUT2D eigenvalue weighted by Gasteiger charge is 2.47. The van der Waals surface area contributed by atoms with E-state index in [1.165, 1.54) is 0 Å². The second-order valence-corrected chi connectivity index (χ2v) is 10.9. The van der Waals surface area contributed by atoms with Gasteiger partial charge in [0.1, 0.15) is 11.0 Å². The van der Waals surface area contributed by atoms with Crippen LogP contribution in [0.25, 0.3) is 27.7 Å². The third-order valence-electron chi connectivity index (χ3n) is 6.29. The first kappa shape index (κ1) is 23.3. The molecule has 17 heteroatoms. The SMILES string of the molecule is [2H]C([2H])([2H])Oc1nc(N[C@@H]2CCN(S(C)(=O)=O)CC2(F)F)nn2cc(F)c(-c3cc(F)c4ncn(CC(F)F)c4c3)c12. The first-order valence-corrected chi connectivity index (χ1v) is 13.1. The molecule has 1 aliphatic heterocycles. The third kappa shape index (κ3) is 4.95. The van der Waals surface area contributed by atoms with Gasteiger partial charge in [0.05, 0.1) is 60.1 Å². The van der Waals surface area contributed by atoms with Crippen molar-refractivity contribution in [3.63, 3.8) is 0 Å². The van der Waals surface area contributed by atoms with Gasteiger partial charge < -0.3 is 14.6 Å². The normalized spacial score (nSPS) is 19.8. The molecule has 39 heavy (non-hydrogen) atoms. The Morgan fingerprint density at radius 2 is 2.05 bits per heavy atom. The number of imidazole rings is 1. The number of nitrogens with zero attached hydrogens (tertiary/aromatic N) is 6. The lowest BCUT2D eigenvalue weighted by atomic mass is 10.0. The standard InChI is InChI=1S/C22H21F6N7O3S/c1-38-20-19-17(11-5-12(23)18-14(6-11)33(10-29-18)8-16(25)26)13(24)7-35(19)32-21(31-20)30-15-3-4-34(39(2,36)37)9-22(15,27)28/h5-7,10,15-16H,3-4,8-9H2,1-2H3,(H,30,32)/t15-/m1/s1/i1D3. The van der Waals surface area contributed by atoms with Gasteiger partial charge in [-0.2, -0.15) is 9.29 Å². The maximum absolute atomic E-state index is 15.4. The highest BCUT2D eigenvalue weighted by atomic mass is 32.2. The number of piperidine rings is 1. The minimum Gasteiger partial charge on any atom is -0.479 e. The fourth-order valence-corrected chi connectivity index (χ4v) is 5.36. The van der Waals surface area contributed by atoms with Crippen LogP contribution in [-0.2, 0) is 16.6 Å². The van der Waals surface area contributed by atoms with Crippen molar-refractivity contribution in [2.75, 3.05) is 31.7 Å². The lowest BCUT2D eigenvalue weighted by Gasteiger charge is -2.37. The Hall–Kier alpha value is -3.60. The highest BCUT2D eigenvalue weighted by molar-refractivity contribution is 7.88. The topological polar surface area (TPSA) is 107 Å². The van der Waals surface area contributed by atoms with Crippen molar-refractivity contribution in [3.8, 4) is 17.0 Å². The molecule has 1 atom stereocenters. The molecule has 4 aromatic rings. The minimum atomic E-state index is -3.90. The van der Waals surface area contributed by atoms with E-state index in [-0.39, 0.29) is 29.6 Å². The number of nitrogens with one attached hydrogen (secondary N) is 1. The first-order chi connectivity index (χ1) is 19.4. The third-order valence-corrected chi connectivity index (χ3v) is 7.54. The molecule has 0 bridgehead atoms. The summed E-state index contributed by atoms with van der Waals surface area (Å²) >= 11 is 0. The number of aromatic nitrogens is 5. The molecule has 0 radical (unpaired) electrons. The highest BCUT2D eigenvalue weighted by Crippen LogP contribution is 2.37. The van der Waals surface area contributed by atoms with E-state index in [2.05, 4.69) is 20.4 Å². The van der Waals surface area contributed by atoms with Gasteiger partial charge in [0.25, 0.3) is 12.3 Å². The monoisotopic (exact) mass is 580 g/mol. The fraction of sp³-hybridized carbons (Fsp3) is 0.409. The van der Waals surface area contributed by atoms with Gasteiger partial charge in [-0.25, -0.2) is 44.3 Å². The van der Waals surface area contributed by atoms with Gasteiger partial charge in [0.2, 0.25) is 21.9 Å². The van der Waals surface area contributed by atoms with Crippen LogP contribution in [0.5, 0.6) is 5.88 Å². The van der Waals surface area contributed by atoms with Crippen LogP contribution in [0, 0.1) is 11.6 Å². The molecule has 0 spiro atoms. The molecule has 1 saturated heterocycles. The van der Waals surface area contributed by atoms with E-state index in [1.54, 1.807) is 0 Å². The van der Waals surface area contributed by atoms with Crippen molar-refractivity contribution >= 4 is 32.5 Å². The number of hydrogen-bond donors (Lipinski definition) is 1. The number of ether oxygens (including phenoxy) is 1. The van der Waals surface area contributed by atoms with Crippen LogP contribution in [0.2, 0.25) is 0 Å². The van der Waals surface area contributed by atoms with Crippen LogP contribution in [0.1, 0.15) is 10.5 Å². The van der Waals surface area contributed by atoms with E-state index in [0.29, 0.717) is 4.31 Å². The quantitative estimate of drug-likeness (QED) is 0.334. The van der Waals surface area contributed by atoms with E-state index in [9.17, 15) is 30.4 Å². The molecule has 0 unspecified atom stereocenters. The van der Waals surface area contributed by atoms with Crippen LogP contribution in [0.4, 0.5) is 32.3 Å². The van der Waals surface area contributed by atoms with Gasteiger partial charge in [-0.15, -0.1) is 5.10 Å². The number of sulfonamides is 1. The average Bonchev–Trinajstić information content (AvgIpc) is 3.38. The lowest BCUT2D eigenvalue weighted by molar-refractivity contribution is -0.0541. The average molecular weight is 581 g/mol. The minimum absolute atomic E-state index is 0.107. The Labute approximate surface area is 221 Å². The summed E-state index contributed by atoms with van der Waals surface area (Å²) in [6.45, 7) is -2.23. The Morgan fingerprint density at radius 3 is 2.72 bits per heavy atom. The van der Waals surface area contributed by atoms with Gasteiger partial charge in [0, 0.05) is 6.54 Å². The lowest BCUT2D eigenvalue weighted by Crippen LogP contribution is -2.55. The number of methoxy groups -OCH3 is 1. The molecule has 1 aliphatic rings. The van der Waals surface area contributed by atoms with Crippen molar-refractivity contribution in [2.24, 2.45) is 0 Å². The Kier molecular flexibility index (Phi) is 5.70. The number of hydrogen-bond acceptors (Lipinski definition) is 7. The van der Waals surface area contributed by atoms with Gasteiger partial charge >= 0.3 is 0 Å². The second-order valence-electron chi connectivity index (χ2n) is 8.94. The van der Waals surface area contributed by atoms with Gasteiger partial charge in [0.15, 0.2) is 11.6 Å². The van der Waals surface area contributed by atoms with Crippen LogP contribution < -0.4 is 10.1 Å². The molecular weight excluding hydrogens is 556 g/mol. The number of anilines is 1. The summed E-state index contributed by atoms with van der Waals surface area (Å²) < 4.78 is 139. The molecule has 5 rings (SSSR count). The summed E-state index contributed by atoms with van der Waals surface area (Å²) in [6.07, 6.45) is -0.676. The van der Waals surface area contributed by atoms with Crippen molar-refractivity contribution in [1.29, 1.82) is 0 Å². The molecule has 3 aromatic heterocycles. The van der Waals surface area contributed by atoms with Crippen molar-refractivity contribution in [1.82, 2.24) is 28.5 Å². The van der Waals surface area contributed by atoms with Crippen molar-refractivity contribution in [2.45, 2.75) is 31.4 Å². The zero-order valence-corrected chi connectivity index (χ0v) is 20.7. The maximum Gasteiger partial charge on any atom is 0.281 e. The molecular formula is C22H21F6N7O3S. The summed E-state index contributed by atoms with van der Waals surface area (Å²) in [7, 11) is -7.07. The van der Waals surface area contributed by atoms with Crippen molar-refractivity contribution < 1.29 is 43.6 Å². The molecule has 10 nitrogen and oxygen atoms in total. The van der Waals surface area contributed by atoms with Crippen LogP contribution in [-0.4, -0.2) is 81.6 Å². The predicted molar refractivity (Wildman–Crippen MR) is 128 cm³/mol. The molecule has 4 heterocycles. The van der Waals surface area contributed by atoms with Gasteiger partial charge in [-0.3, -0.25) is 0 Å². The molecule has 1 fully saturated rings. The smallest absolute Gasteiger partial charge is 0.281 e. The van der Waals surface area contributed by atoms with Gasteiger partial charge in [-0.05, 0) is 24.1 Å². The van der Waals surface area contributed by atoms with E-state index in [0.717, 1.165) is 40.0 Å². The van der Waals surface area contributed by atoms with E-state index >= 15 is 4.39 Å². The number of halogens is 6. The van der Waals surface area contributed by atoms with E-state index in [1.807, 2.05) is 0 Å². The number of rotatable bonds is 7. The second kappa shape index (κ2) is 9.55. The fourth-order valence-electron chi connectivity index (χ4n) is 4.51. The van der Waals surface area contributed by atoms with E-state index < -0.39 is 83.1 Å². The number of alkyl halides is 4. The molecule has 1 N–H and O–H groups in total. The predicted octanol–water partition coefficient (Wildman–Crippen LogP) is 3.38. The Morgan fingerprint density at radius 1 is 1.28 bits per heavy atom. The summed E-state index contributed by atoms with van der Waals surface area (Å²) in [5.74, 6) is -7.06. The van der Waals surface area contributed by atoms with E-state index in [4.69, 9.17) is 8.85 Å². The van der Waals surface area contributed by atoms with Crippen LogP contribution in [0.3, 0.4) is 0 Å². The zero-order valence-electron chi connectivity index (χ0n) is 22.9. The summed E-state index contributed by atoms with van der Waals surface area (Å²) in [6, 6.07) is 0.315. The number of benzene rings is 1. The van der Waals surface area contributed by atoms with Gasteiger partial charge in [-0.1, -0.05) is 0 Å². The number of fused-ring (bicyclic) bond motifs is 2. The molecule has 210 valence electrons. The first-order valence-electron chi connectivity index (χ1n) is 12.7. The van der Waals surface area contributed by atoms with Crippen molar-refractivity contribution in [3.05, 3.63) is 36.3 Å². The van der Waals surface area contributed by atoms with Crippen LogP contribution in [0.15, 0.2) is 24.7 Å². The zero-order chi connectivity index (χ0) is 30.8. The summed E-state index contributed by atoms with van der Waals surface area (Å²) in [4.78, 5) is 7.64. The molecule has 0 aliphatic carbocycles.